The molecule has 2 atom stereocenters. The zero-order valence-corrected chi connectivity index (χ0v) is 13.4. The predicted octanol–water partition coefficient (Wildman–Crippen LogP) is 3.47. The Morgan fingerprint density at radius 2 is 2.00 bits per heavy atom. The fourth-order valence-corrected chi connectivity index (χ4v) is 3.81. The van der Waals surface area contributed by atoms with Crippen molar-refractivity contribution in [2.24, 2.45) is 5.92 Å². The smallest absolute Gasteiger partial charge is 0.0236 e. The van der Waals surface area contributed by atoms with Crippen LogP contribution in [0, 0.1) is 5.92 Å². The Balaban J connectivity index is 1.57. The van der Waals surface area contributed by atoms with Crippen LogP contribution in [0.25, 0.3) is 0 Å². The number of hydrogen-bond acceptors (Lipinski definition) is 2. The monoisotopic (exact) mass is 286 g/mol. The highest BCUT2D eigenvalue weighted by Gasteiger charge is 2.30. The largest absolute Gasteiger partial charge is 0.311 e. The van der Waals surface area contributed by atoms with Gasteiger partial charge in [-0.05, 0) is 37.2 Å². The van der Waals surface area contributed by atoms with Crippen LogP contribution in [0.3, 0.4) is 0 Å². The molecule has 1 heterocycles. The third-order valence-electron chi connectivity index (χ3n) is 5.28. The second-order valence-electron chi connectivity index (χ2n) is 6.99. The van der Waals surface area contributed by atoms with E-state index in [9.17, 15) is 0 Å². The summed E-state index contributed by atoms with van der Waals surface area (Å²) in [6.07, 6.45) is 8.20. The molecule has 1 aromatic rings. The van der Waals surface area contributed by atoms with Crippen LogP contribution in [0.5, 0.6) is 0 Å². The lowest BCUT2D eigenvalue weighted by molar-refractivity contribution is 0.0835. The second kappa shape index (κ2) is 7.42. The lowest BCUT2D eigenvalue weighted by Crippen LogP contribution is -2.58. The van der Waals surface area contributed by atoms with Crippen LogP contribution < -0.4 is 5.32 Å². The van der Waals surface area contributed by atoms with Gasteiger partial charge in [0.1, 0.15) is 0 Å². The third kappa shape index (κ3) is 4.08. The highest BCUT2D eigenvalue weighted by molar-refractivity contribution is 5.16. The van der Waals surface area contributed by atoms with E-state index in [2.05, 4.69) is 47.5 Å². The molecule has 116 valence electrons. The van der Waals surface area contributed by atoms with Gasteiger partial charge in [0.25, 0.3) is 0 Å². The Labute approximate surface area is 129 Å². The van der Waals surface area contributed by atoms with Gasteiger partial charge in [-0.2, -0.15) is 0 Å². The summed E-state index contributed by atoms with van der Waals surface area (Å²) in [6, 6.07) is 12.3. The average molecular weight is 286 g/mol. The van der Waals surface area contributed by atoms with Crippen molar-refractivity contribution in [3.05, 3.63) is 35.9 Å². The van der Waals surface area contributed by atoms with Gasteiger partial charge in [-0.15, -0.1) is 0 Å². The van der Waals surface area contributed by atoms with Crippen molar-refractivity contribution < 1.29 is 0 Å². The van der Waals surface area contributed by atoms with Crippen molar-refractivity contribution >= 4 is 0 Å². The Hall–Kier alpha value is -0.860. The normalized spacial score (nSPS) is 27.5. The van der Waals surface area contributed by atoms with Crippen LogP contribution in [-0.4, -0.2) is 36.6 Å². The second-order valence-corrected chi connectivity index (χ2v) is 6.99. The highest BCUT2D eigenvalue weighted by atomic mass is 15.2. The Morgan fingerprint density at radius 1 is 1.19 bits per heavy atom. The number of piperazine rings is 1. The molecule has 1 aliphatic carbocycles. The summed E-state index contributed by atoms with van der Waals surface area (Å²) in [7, 11) is 0. The van der Waals surface area contributed by atoms with Crippen molar-refractivity contribution in [1.29, 1.82) is 0 Å². The molecule has 2 fully saturated rings. The molecule has 2 aliphatic rings. The van der Waals surface area contributed by atoms with Gasteiger partial charge in [0.05, 0.1) is 0 Å². The SMILES string of the molecule is CCCC1CNC(Cc2ccccc2)CN1CC1CCC1. The summed E-state index contributed by atoms with van der Waals surface area (Å²) in [5, 5.41) is 3.80. The lowest BCUT2D eigenvalue weighted by Gasteiger charge is -2.43. The fraction of sp³-hybridized carbons (Fsp3) is 0.684. The van der Waals surface area contributed by atoms with Crippen molar-refractivity contribution in [2.45, 2.75) is 57.5 Å². The maximum absolute atomic E-state index is 3.80. The van der Waals surface area contributed by atoms with Gasteiger partial charge in [0, 0.05) is 31.7 Å². The van der Waals surface area contributed by atoms with Crippen molar-refractivity contribution in [2.75, 3.05) is 19.6 Å². The van der Waals surface area contributed by atoms with E-state index in [-0.39, 0.29) is 0 Å². The summed E-state index contributed by atoms with van der Waals surface area (Å²) < 4.78 is 0. The molecule has 0 amide bonds. The van der Waals surface area contributed by atoms with Gasteiger partial charge >= 0.3 is 0 Å². The van der Waals surface area contributed by atoms with Crippen LogP contribution in [0.2, 0.25) is 0 Å². The molecule has 1 aliphatic heterocycles. The number of benzene rings is 1. The van der Waals surface area contributed by atoms with E-state index in [0.29, 0.717) is 6.04 Å². The van der Waals surface area contributed by atoms with E-state index in [0.717, 1.165) is 12.0 Å². The molecular weight excluding hydrogens is 256 g/mol. The molecule has 2 unspecified atom stereocenters. The highest BCUT2D eigenvalue weighted by Crippen LogP contribution is 2.29. The predicted molar refractivity (Wildman–Crippen MR) is 89.5 cm³/mol. The summed E-state index contributed by atoms with van der Waals surface area (Å²) in [5.41, 5.74) is 1.47. The minimum atomic E-state index is 0.626. The molecule has 1 saturated heterocycles. The summed E-state index contributed by atoms with van der Waals surface area (Å²) >= 11 is 0. The summed E-state index contributed by atoms with van der Waals surface area (Å²) in [5.74, 6) is 0.986. The third-order valence-corrected chi connectivity index (χ3v) is 5.28. The van der Waals surface area contributed by atoms with Crippen LogP contribution in [0.15, 0.2) is 30.3 Å². The first-order valence-corrected chi connectivity index (χ1v) is 8.86. The summed E-state index contributed by atoms with van der Waals surface area (Å²) in [6.45, 7) is 6.07. The molecule has 2 heteroatoms. The first-order valence-electron chi connectivity index (χ1n) is 8.86. The Kier molecular flexibility index (Phi) is 5.32. The molecule has 1 aromatic carbocycles. The molecule has 21 heavy (non-hydrogen) atoms. The molecule has 1 N–H and O–H groups in total. The van der Waals surface area contributed by atoms with Crippen LogP contribution in [-0.2, 0) is 6.42 Å². The molecule has 3 rings (SSSR count). The van der Waals surface area contributed by atoms with Crippen LogP contribution >= 0.6 is 0 Å². The van der Waals surface area contributed by atoms with E-state index in [4.69, 9.17) is 0 Å². The van der Waals surface area contributed by atoms with E-state index >= 15 is 0 Å². The maximum Gasteiger partial charge on any atom is 0.0236 e. The van der Waals surface area contributed by atoms with Crippen molar-refractivity contribution in [3.63, 3.8) is 0 Å². The molecule has 1 saturated carbocycles. The van der Waals surface area contributed by atoms with Gasteiger partial charge in [0.2, 0.25) is 0 Å². The molecule has 0 aromatic heterocycles. The van der Waals surface area contributed by atoms with Gasteiger partial charge in [-0.3, -0.25) is 4.90 Å². The number of rotatable bonds is 6. The van der Waals surface area contributed by atoms with Gasteiger partial charge in [-0.25, -0.2) is 0 Å². The topological polar surface area (TPSA) is 15.3 Å². The van der Waals surface area contributed by atoms with Crippen molar-refractivity contribution in [1.82, 2.24) is 10.2 Å². The zero-order chi connectivity index (χ0) is 14.5. The average Bonchev–Trinajstić information content (AvgIpc) is 2.46. The van der Waals surface area contributed by atoms with Crippen LogP contribution in [0.1, 0.15) is 44.6 Å². The maximum atomic E-state index is 3.80. The lowest BCUT2D eigenvalue weighted by atomic mass is 9.84. The summed E-state index contributed by atoms with van der Waals surface area (Å²) in [4.78, 5) is 2.80. The molecule has 0 spiro atoms. The Morgan fingerprint density at radius 3 is 2.67 bits per heavy atom. The van der Waals surface area contributed by atoms with Gasteiger partial charge < -0.3 is 5.32 Å². The molecular formula is C19H30N2. The Bertz CT molecular complexity index is 413. The van der Waals surface area contributed by atoms with Crippen LogP contribution in [0.4, 0.5) is 0 Å². The van der Waals surface area contributed by atoms with E-state index in [1.807, 2.05) is 0 Å². The first kappa shape index (κ1) is 15.1. The molecule has 0 bridgehead atoms. The van der Waals surface area contributed by atoms with Gasteiger partial charge in [0.15, 0.2) is 0 Å². The van der Waals surface area contributed by atoms with Gasteiger partial charge in [-0.1, -0.05) is 50.1 Å². The fourth-order valence-electron chi connectivity index (χ4n) is 3.81. The van der Waals surface area contributed by atoms with Crippen molar-refractivity contribution in [3.8, 4) is 0 Å². The van der Waals surface area contributed by atoms with E-state index < -0.39 is 0 Å². The molecule has 2 nitrogen and oxygen atoms in total. The number of hydrogen-bond donors (Lipinski definition) is 1. The molecule has 0 radical (unpaired) electrons. The zero-order valence-electron chi connectivity index (χ0n) is 13.4. The first-order chi connectivity index (χ1) is 10.3. The van der Waals surface area contributed by atoms with E-state index in [1.54, 1.807) is 0 Å². The standard InChI is InChI=1S/C19H30N2/c1-2-7-19-13-20-18(12-16-8-4-3-5-9-16)15-21(19)14-17-10-6-11-17/h3-5,8-9,17-20H,2,6-7,10-15H2,1H3. The van der Waals surface area contributed by atoms with E-state index in [1.165, 1.54) is 63.7 Å². The quantitative estimate of drug-likeness (QED) is 0.861. The minimum Gasteiger partial charge on any atom is -0.311 e. The number of nitrogens with zero attached hydrogens (tertiary/aromatic N) is 1. The number of nitrogens with one attached hydrogen (secondary N) is 1. The minimum absolute atomic E-state index is 0.626.